The van der Waals surface area contributed by atoms with Crippen molar-refractivity contribution >= 4 is 11.6 Å². The molecule has 0 aliphatic heterocycles. The van der Waals surface area contributed by atoms with Crippen LogP contribution in [0.5, 0.6) is 0 Å². The largest absolute Gasteiger partial charge is 0.385 e. The Hall–Kier alpha value is -1.62. The summed E-state index contributed by atoms with van der Waals surface area (Å²) in [6, 6.07) is 3.77. The van der Waals surface area contributed by atoms with Crippen LogP contribution < -0.4 is 10.6 Å². The maximum absolute atomic E-state index is 12.3. The Morgan fingerprint density at radius 1 is 1.48 bits per heavy atom. The van der Waals surface area contributed by atoms with Crippen molar-refractivity contribution in [2.75, 3.05) is 18.5 Å². The Morgan fingerprint density at radius 3 is 2.86 bits per heavy atom. The number of anilines is 1. The van der Waals surface area contributed by atoms with Gasteiger partial charge in [0, 0.05) is 36.5 Å². The van der Waals surface area contributed by atoms with Crippen molar-refractivity contribution in [1.82, 2.24) is 10.3 Å². The zero-order valence-electron chi connectivity index (χ0n) is 13.3. The number of carbonyl (C=O) groups is 1. The van der Waals surface area contributed by atoms with Crippen LogP contribution in [0.2, 0.25) is 0 Å². The van der Waals surface area contributed by atoms with Crippen molar-refractivity contribution in [3.63, 3.8) is 0 Å². The second-order valence-electron chi connectivity index (χ2n) is 5.99. The van der Waals surface area contributed by atoms with Gasteiger partial charge in [0.1, 0.15) is 5.69 Å². The molecule has 0 spiro atoms. The molecule has 2 unspecified atom stereocenters. The van der Waals surface area contributed by atoms with Gasteiger partial charge in [0.15, 0.2) is 0 Å². The van der Waals surface area contributed by atoms with E-state index in [0.717, 1.165) is 18.7 Å². The minimum atomic E-state index is -0.122. The first-order valence-corrected chi connectivity index (χ1v) is 7.61. The number of hydrogen-bond acceptors (Lipinski definition) is 4. The number of nitrogens with one attached hydrogen (secondary N) is 2. The number of rotatable bonds is 6. The minimum absolute atomic E-state index is 0.0368. The van der Waals surface area contributed by atoms with Gasteiger partial charge in [0.2, 0.25) is 0 Å². The molecular formula is C16H25N3O2. The first-order valence-electron chi connectivity index (χ1n) is 7.61. The van der Waals surface area contributed by atoms with Crippen LogP contribution in [-0.4, -0.2) is 36.2 Å². The third kappa shape index (κ3) is 3.35. The Labute approximate surface area is 126 Å². The van der Waals surface area contributed by atoms with Crippen LogP contribution in [-0.2, 0) is 4.74 Å². The summed E-state index contributed by atoms with van der Waals surface area (Å²) in [5.74, 6) is -0.122. The van der Waals surface area contributed by atoms with E-state index >= 15 is 0 Å². The number of pyridine rings is 1. The van der Waals surface area contributed by atoms with Crippen molar-refractivity contribution in [3.05, 3.63) is 24.0 Å². The van der Waals surface area contributed by atoms with Crippen LogP contribution in [0.3, 0.4) is 0 Å². The summed E-state index contributed by atoms with van der Waals surface area (Å²) < 4.78 is 5.68. The van der Waals surface area contributed by atoms with Crippen molar-refractivity contribution < 1.29 is 9.53 Å². The molecule has 5 nitrogen and oxygen atoms in total. The number of aromatic nitrogens is 1. The second kappa shape index (κ2) is 6.43. The first-order chi connectivity index (χ1) is 9.98. The van der Waals surface area contributed by atoms with Gasteiger partial charge in [-0.1, -0.05) is 13.8 Å². The molecule has 116 valence electrons. The summed E-state index contributed by atoms with van der Waals surface area (Å²) in [5, 5.41) is 6.26. The van der Waals surface area contributed by atoms with Gasteiger partial charge in [0.25, 0.3) is 5.91 Å². The van der Waals surface area contributed by atoms with Gasteiger partial charge in [-0.05, 0) is 32.4 Å². The van der Waals surface area contributed by atoms with Crippen molar-refractivity contribution in [1.29, 1.82) is 0 Å². The molecular weight excluding hydrogens is 266 g/mol. The fourth-order valence-corrected chi connectivity index (χ4v) is 2.72. The SMILES string of the molecule is CCNc1ccnc(C(=O)NC2CC(OCC)C2(C)C)c1. The van der Waals surface area contributed by atoms with Crippen molar-refractivity contribution in [3.8, 4) is 0 Å². The van der Waals surface area contributed by atoms with Gasteiger partial charge < -0.3 is 15.4 Å². The Kier molecular flexibility index (Phi) is 4.83. The molecule has 21 heavy (non-hydrogen) atoms. The predicted molar refractivity (Wildman–Crippen MR) is 83.5 cm³/mol. The summed E-state index contributed by atoms with van der Waals surface area (Å²) in [6.07, 6.45) is 2.73. The maximum atomic E-state index is 12.3. The molecule has 1 fully saturated rings. The molecule has 1 aromatic rings. The molecule has 5 heteroatoms. The van der Waals surface area contributed by atoms with E-state index in [1.54, 1.807) is 12.3 Å². The van der Waals surface area contributed by atoms with Gasteiger partial charge in [-0.15, -0.1) is 0 Å². The van der Waals surface area contributed by atoms with Crippen molar-refractivity contribution in [2.45, 2.75) is 46.3 Å². The highest BCUT2D eigenvalue weighted by atomic mass is 16.5. The average molecular weight is 291 g/mol. The molecule has 0 saturated heterocycles. The van der Waals surface area contributed by atoms with Crippen LogP contribution in [0.4, 0.5) is 5.69 Å². The summed E-state index contributed by atoms with van der Waals surface area (Å²) in [4.78, 5) is 16.5. The average Bonchev–Trinajstić information content (AvgIpc) is 2.46. The molecule has 1 aliphatic rings. The number of amides is 1. The molecule has 0 bridgehead atoms. The lowest BCUT2D eigenvalue weighted by atomic mass is 9.64. The van der Waals surface area contributed by atoms with Crippen molar-refractivity contribution in [2.24, 2.45) is 5.41 Å². The maximum Gasteiger partial charge on any atom is 0.270 e. The summed E-state index contributed by atoms with van der Waals surface area (Å²) >= 11 is 0. The van der Waals surface area contributed by atoms with Gasteiger partial charge in [-0.2, -0.15) is 0 Å². The van der Waals surface area contributed by atoms with E-state index in [1.807, 2.05) is 19.9 Å². The lowest BCUT2D eigenvalue weighted by Gasteiger charge is -2.51. The molecule has 2 atom stereocenters. The van der Waals surface area contributed by atoms with E-state index in [9.17, 15) is 4.79 Å². The lowest BCUT2D eigenvalue weighted by molar-refractivity contribution is -0.111. The Morgan fingerprint density at radius 2 is 2.24 bits per heavy atom. The molecule has 1 aliphatic carbocycles. The molecule has 2 rings (SSSR count). The molecule has 0 radical (unpaired) electrons. The van der Waals surface area contributed by atoms with E-state index < -0.39 is 0 Å². The van der Waals surface area contributed by atoms with Crippen LogP contribution in [0.25, 0.3) is 0 Å². The third-order valence-electron chi connectivity index (χ3n) is 4.22. The van der Waals surface area contributed by atoms with E-state index in [1.165, 1.54) is 0 Å². The van der Waals surface area contributed by atoms with Gasteiger partial charge >= 0.3 is 0 Å². The van der Waals surface area contributed by atoms with E-state index in [2.05, 4.69) is 29.5 Å². The van der Waals surface area contributed by atoms with Gasteiger partial charge in [0.05, 0.1) is 6.10 Å². The molecule has 1 aromatic heterocycles. The number of ether oxygens (including phenoxy) is 1. The summed E-state index contributed by atoms with van der Waals surface area (Å²) in [7, 11) is 0. The van der Waals surface area contributed by atoms with Crippen LogP contribution in [0.1, 0.15) is 44.6 Å². The smallest absolute Gasteiger partial charge is 0.270 e. The van der Waals surface area contributed by atoms with Crippen LogP contribution in [0, 0.1) is 5.41 Å². The first kappa shape index (κ1) is 15.8. The zero-order chi connectivity index (χ0) is 15.5. The molecule has 1 amide bonds. The summed E-state index contributed by atoms with van der Waals surface area (Å²) in [5.41, 5.74) is 1.33. The number of carbonyl (C=O) groups excluding carboxylic acids is 1. The Bertz CT molecular complexity index is 502. The molecule has 1 heterocycles. The topological polar surface area (TPSA) is 63.2 Å². The molecule has 2 N–H and O–H groups in total. The molecule has 0 aromatic carbocycles. The highest BCUT2D eigenvalue weighted by Crippen LogP contribution is 2.42. The van der Waals surface area contributed by atoms with Gasteiger partial charge in [-0.3, -0.25) is 9.78 Å². The fourth-order valence-electron chi connectivity index (χ4n) is 2.72. The third-order valence-corrected chi connectivity index (χ3v) is 4.22. The van der Waals surface area contributed by atoms with Crippen LogP contribution >= 0.6 is 0 Å². The van der Waals surface area contributed by atoms with E-state index in [4.69, 9.17) is 4.74 Å². The second-order valence-corrected chi connectivity index (χ2v) is 5.99. The Balaban J connectivity index is 1.98. The van der Waals surface area contributed by atoms with Crippen LogP contribution in [0.15, 0.2) is 18.3 Å². The monoisotopic (exact) mass is 291 g/mol. The molecule has 1 saturated carbocycles. The predicted octanol–water partition coefficient (Wildman–Crippen LogP) is 2.45. The minimum Gasteiger partial charge on any atom is -0.385 e. The highest BCUT2D eigenvalue weighted by Gasteiger charge is 2.49. The standard InChI is InChI=1S/C16H25N3O2/c1-5-17-11-7-8-18-12(9-11)15(20)19-13-10-14(21-6-2)16(13,3)4/h7-9,13-14H,5-6,10H2,1-4H3,(H,17,18)(H,19,20). The highest BCUT2D eigenvalue weighted by molar-refractivity contribution is 5.93. The van der Waals surface area contributed by atoms with E-state index in [0.29, 0.717) is 12.3 Å². The zero-order valence-corrected chi connectivity index (χ0v) is 13.3. The number of hydrogen-bond donors (Lipinski definition) is 2. The normalized spacial score (nSPS) is 23.2. The quantitative estimate of drug-likeness (QED) is 0.845. The fraction of sp³-hybridized carbons (Fsp3) is 0.625. The van der Waals surface area contributed by atoms with Gasteiger partial charge in [-0.25, -0.2) is 0 Å². The lowest BCUT2D eigenvalue weighted by Crippen LogP contribution is -2.62. The number of nitrogens with zero attached hydrogens (tertiary/aromatic N) is 1. The van der Waals surface area contributed by atoms with E-state index in [-0.39, 0.29) is 23.5 Å². The summed E-state index contributed by atoms with van der Waals surface area (Å²) in [6.45, 7) is 9.80.